The van der Waals surface area contributed by atoms with Crippen LogP contribution in [0.25, 0.3) is 0 Å². The Hall–Kier alpha value is -5.00. The number of carbonyl (C=O) groups excluding carboxylic acids is 1. The minimum absolute atomic E-state index is 0.00719. The van der Waals surface area contributed by atoms with Crippen molar-refractivity contribution in [3.05, 3.63) is 70.8 Å². The quantitative estimate of drug-likeness (QED) is 0.0194. The number of hydrogen-bond acceptors (Lipinski definition) is 13. The molecule has 3 aromatic rings. The van der Waals surface area contributed by atoms with Gasteiger partial charge in [0.1, 0.15) is 22.9 Å². The zero-order chi connectivity index (χ0) is 43.4. The molecular formula is C42H62N8O8S. The van der Waals surface area contributed by atoms with Gasteiger partial charge in [0.15, 0.2) is 0 Å². The lowest BCUT2D eigenvalue weighted by Gasteiger charge is -2.36. The van der Waals surface area contributed by atoms with Gasteiger partial charge in [-0.2, -0.15) is 10.2 Å². The van der Waals surface area contributed by atoms with Crippen LogP contribution in [0.4, 0.5) is 34.1 Å². The fourth-order valence-electron chi connectivity index (χ4n) is 6.55. The minimum Gasteiger partial charge on any atom is -0.748 e. The van der Waals surface area contributed by atoms with Crippen LogP contribution < -0.4 is 19.7 Å². The van der Waals surface area contributed by atoms with Crippen LogP contribution in [0.5, 0.6) is 11.5 Å². The summed E-state index contributed by atoms with van der Waals surface area (Å²) in [5.41, 5.74) is 2.75. The lowest BCUT2D eigenvalue weighted by atomic mass is 9.96. The molecule has 0 aliphatic carbocycles. The molecule has 0 bridgehead atoms. The van der Waals surface area contributed by atoms with Crippen LogP contribution in [0.3, 0.4) is 0 Å². The van der Waals surface area contributed by atoms with Gasteiger partial charge in [0.05, 0.1) is 67.3 Å². The van der Waals surface area contributed by atoms with E-state index in [2.05, 4.69) is 58.5 Å². The summed E-state index contributed by atoms with van der Waals surface area (Å²) in [6.45, 7) is 10.3. The normalized spacial score (nSPS) is 13.4. The number of hydrogen-bond donors (Lipinski definition) is 1. The van der Waals surface area contributed by atoms with Gasteiger partial charge in [-0.1, -0.05) is 40.0 Å². The largest absolute Gasteiger partial charge is 0.748 e. The maximum atomic E-state index is 12.7. The van der Waals surface area contributed by atoms with Gasteiger partial charge in [-0.25, -0.2) is 8.42 Å². The van der Waals surface area contributed by atoms with Gasteiger partial charge in [-0.3, -0.25) is 14.9 Å². The summed E-state index contributed by atoms with van der Waals surface area (Å²) in [6, 6.07) is 16.5. The summed E-state index contributed by atoms with van der Waals surface area (Å²) in [5.74, 6) is 1.69. The highest BCUT2D eigenvalue weighted by atomic mass is 32.2. The Morgan fingerprint density at radius 1 is 0.814 bits per heavy atom. The van der Waals surface area contributed by atoms with E-state index in [1.165, 1.54) is 57.7 Å². The Morgan fingerprint density at radius 3 is 1.90 bits per heavy atom. The van der Waals surface area contributed by atoms with E-state index in [1.54, 1.807) is 12.1 Å². The average Bonchev–Trinajstić information content (AvgIpc) is 3.19. The lowest BCUT2D eigenvalue weighted by Crippen LogP contribution is -2.48. The standard InChI is InChI=1S/C42H62N8O8S/c1-32(2)12-8-13-33(3)23-28-50(5,27-11-29-59(54,55)56)26-10-24-43-42(51)14-9-25-48(4)36-19-15-34(16-20-36)44-46-38-30-41(58-7)39(31-40(38)57-6)47-45-35-17-21-37(22-18-35)49(52)53/h15-22,30-33H,8-14,23-29H2,1-7H3,(H-,43,51,54,55,56). The molecule has 2 unspecified atom stereocenters. The van der Waals surface area contributed by atoms with Crippen molar-refractivity contribution in [2.75, 3.05) is 71.7 Å². The van der Waals surface area contributed by atoms with Crippen LogP contribution in [0.15, 0.2) is 81.1 Å². The average molecular weight is 839 g/mol. The maximum Gasteiger partial charge on any atom is 0.269 e. The Kier molecular flexibility index (Phi) is 19.8. The predicted octanol–water partition coefficient (Wildman–Crippen LogP) is 9.40. The van der Waals surface area contributed by atoms with Gasteiger partial charge < -0.3 is 28.7 Å². The summed E-state index contributed by atoms with van der Waals surface area (Å²) in [5, 5.41) is 31.1. The molecule has 3 rings (SSSR count). The number of nitrogens with zero attached hydrogens (tertiary/aromatic N) is 7. The molecule has 0 saturated heterocycles. The number of methoxy groups -OCH3 is 2. The van der Waals surface area contributed by atoms with E-state index in [1.807, 2.05) is 31.3 Å². The zero-order valence-electron chi connectivity index (χ0n) is 35.6. The van der Waals surface area contributed by atoms with Gasteiger partial charge >= 0.3 is 0 Å². The molecule has 59 heavy (non-hydrogen) atoms. The first kappa shape index (κ1) is 48.4. The number of quaternary nitrogens is 1. The first-order chi connectivity index (χ1) is 28.0. The van der Waals surface area contributed by atoms with E-state index in [9.17, 15) is 27.9 Å². The molecule has 0 spiro atoms. The van der Waals surface area contributed by atoms with Gasteiger partial charge in [0.2, 0.25) is 5.91 Å². The number of anilines is 1. The first-order valence-electron chi connectivity index (χ1n) is 20.2. The number of nitro groups is 1. The summed E-state index contributed by atoms with van der Waals surface area (Å²) in [6.07, 6.45) is 6.79. The topological polar surface area (TPSA) is 201 Å². The zero-order valence-corrected chi connectivity index (χ0v) is 36.4. The smallest absolute Gasteiger partial charge is 0.269 e. The molecule has 0 saturated carbocycles. The molecule has 0 aliphatic rings. The minimum atomic E-state index is -4.25. The maximum absolute atomic E-state index is 12.7. The fourth-order valence-corrected chi connectivity index (χ4v) is 7.03. The molecule has 3 aromatic carbocycles. The van der Waals surface area contributed by atoms with E-state index in [0.29, 0.717) is 89.5 Å². The molecule has 324 valence electrons. The van der Waals surface area contributed by atoms with Crippen molar-refractivity contribution in [2.45, 2.75) is 72.1 Å². The van der Waals surface area contributed by atoms with Crippen molar-refractivity contribution in [3.8, 4) is 11.5 Å². The molecule has 0 aromatic heterocycles. The fraction of sp³-hybridized carbons (Fsp3) is 0.548. The van der Waals surface area contributed by atoms with Crippen LogP contribution in [0, 0.1) is 22.0 Å². The third kappa shape index (κ3) is 18.2. The summed E-state index contributed by atoms with van der Waals surface area (Å²) < 4.78 is 45.4. The number of nitrogens with one attached hydrogen (secondary N) is 1. The number of carbonyl (C=O) groups is 1. The highest BCUT2D eigenvalue weighted by molar-refractivity contribution is 7.85. The van der Waals surface area contributed by atoms with Gasteiger partial charge in [-0.05, 0) is 61.1 Å². The molecule has 2 atom stereocenters. The third-order valence-corrected chi connectivity index (χ3v) is 11.0. The number of ether oxygens (including phenoxy) is 2. The molecule has 0 aliphatic heterocycles. The SMILES string of the molecule is COc1cc(N=Nc2ccc([N+](=O)[O-])cc2)c(OC)cc1N=Nc1ccc(N(C)CCCC(=O)NCCC[N+](C)(CCCS(=O)(=O)[O-])CCC(C)CCCC(C)C)cc1. The van der Waals surface area contributed by atoms with E-state index < -0.39 is 15.0 Å². The van der Waals surface area contributed by atoms with Crippen molar-refractivity contribution < 1.29 is 36.6 Å². The number of non-ortho nitro benzene ring substituents is 1. The van der Waals surface area contributed by atoms with Crippen molar-refractivity contribution in [1.82, 2.24) is 5.32 Å². The van der Waals surface area contributed by atoms with Gasteiger partial charge in [0, 0.05) is 75.1 Å². The number of rotatable bonds is 27. The monoisotopic (exact) mass is 838 g/mol. The Labute approximate surface area is 349 Å². The Bertz CT molecular complexity index is 1940. The van der Waals surface area contributed by atoms with Crippen LogP contribution in [-0.2, 0) is 14.9 Å². The number of benzene rings is 3. The van der Waals surface area contributed by atoms with Gasteiger partial charge in [-0.15, -0.1) is 10.2 Å². The summed E-state index contributed by atoms with van der Waals surface area (Å²) >= 11 is 0. The lowest BCUT2D eigenvalue weighted by molar-refractivity contribution is -0.910. The number of amides is 1. The van der Waals surface area contributed by atoms with Crippen molar-refractivity contribution >= 4 is 50.1 Å². The van der Waals surface area contributed by atoms with Crippen LogP contribution in [-0.4, -0.2) is 95.1 Å². The second-order valence-corrected chi connectivity index (χ2v) is 17.3. The third-order valence-electron chi connectivity index (χ3n) is 10.2. The molecular weight excluding hydrogens is 777 g/mol. The van der Waals surface area contributed by atoms with E-state index in [0.717, 1.165) is 31.6 Å². The molecule has 0 radical (unpaired) electrons. The van der Waals surface area contributed by atoms with E-state index in [4.69, 9.17) is 9.47 Å². The van der Waals surface area contributed by atoms with Crippen molar-refractivity contribution in [3.63, 3.8) is 0 Å². The first-order valence-corrected chi connectivity index (χ1v) is 21.8. The summed E-state index contributed by atoms with van der Waals surface area (Å²) in [4.78, 5) is 25.2. The van der Waals surface area contributed by atoms with Crippen LogP contribution in [0.1, 0.15) is 72.1 Å². The summed E-state index contributed by atoms with van der Waals surface area (Å²) in [7, 11) is 2.84. The van der Waals surface area contributed by atoms with E-state index >= 15 is 0 Å². The van der Waals surface area contributed by atoms with Crippen LogP contribution in [0.2, 0.25) is 0 Å². The molecule has 17 heteroatoms. The molecule has 0 heterocycles. The van der Waals surface area contributed by atoms with E-state index in [-0.39, 0.29) is 17.3 Å². The van der Waals surface area contributed by atoms with Crippen molar-refractivity contribution in [2.24, 2.45) is 32.3 Å². The number of azo groups is 2. The Balaban J connectivity index is 1.47. The highest BCUT2D eigenvalue weighted by Gasteiger charge is 2.23. The predicted molar refractivity (Wildman–Crippen MR) is 230 cm³/mol. The second kappa shape index (κ2) is 24.2. The van der Waals surface area contributed by atoms with Gasteiger partial charge in [0.25, 0.3) is 5.69 Å². The molecule has 1 amide bonds. The second-order valence-electron chi connectivity index (χ2n) is 15.7. The molecule has 0 fully saturated rings. The highest BCUT2D eigenvalue weighted by Crippen LogP contribution is 2.41. The Morgan fingerprint density at radius 2 is 1.37 bits per heavy atom. The molecule has 1 N–H and O–H groups in total. The van der Waals surface area contributed by atoms with Crippen LogP contribution >= 0.6 is 0 Å². The van der Waals surface area contributed by atoms with Crippen molar-refractivity contribution in [1.29, 1.82) is 0 Å². The number of nitro benzene ring substituents is 1. The molecule has 16 nitrogen and oxygen atoms in total.